The Morgan fingerprint density at radius 3 is 2.24 bits per heavy atom. The summed E-state index contributed by atoms with van der Waals surface area (Å²) in [5.74, 6) is 1.09. The van der Waals surface area contributed by atoms with Crippen LogP contribution in [0.5, 0.6) is 11.5 Å². The van der Waals surface area contributed by atoms with Gasteiger partial charge >= 0.3 is 5.97 Å². The maximum absolute atomic E-state index is 12.7. The Hall–Kier alpha value is -3.88. The summed E-state index contributed by atoms with van der Waals surface area (Å²) in [4.78, 5) is 28.5. The van der Waals surface area contributed by atoms with E-state index in [0.717, 1.165) is 30.0 Å². The molecule has 0 radical (unpaired) electrons. The van der Waals surface area contributed by atoms with E-state index in [9.17, 15) is 9.59 Å². The van der Waals surface area contributed by atoms with Gasteiger partial charge in [0.15, 0.2) is 6.61 Å². The fraction of sp³-hybridized carbons (Fsp3) is 0.333. The van der Waals surface area contributed by atoms with E-state index >= 15 is 0 Å². The van der Waals surface area contributed by atoms with E-state index < -0.39 is 0 Å². The molecule has 1 atom stereocenters. The average molecular weight is 519 g/mol. The standard InChI is InChI=1S/C30H34N2O6/c1-35-27-10-6-7-25(19-27)28(38-21-23-11-13-24(14-12-23)30(34)36-2)20-31-15-17-32(18-16-31)29(33)22-37-26-8-4-3-5-9-26/h3-14,19,28H,15-18,20-22H2,1-2H3. The van der Waals surface area contributed by atoms with Crippen LogP contribution in [0.25, 0.3) is 0 Å². The second-order valence-corrected chi connectivity index (χ2v) is 9.05. The number of carbonyl (C=O) groups excluding carboxylic acids is 2. The van der Waals surface area contributed by atoms with Crippen molar-refractivity contribution in [3.05, 3.63) is 95.6 Å². The minimum absolute atomic E-state index is 0.00972. The van der Waals surface area contributed by atoms with Crippen LogP contribution in [-0.2, 0) is 20.9 Å². The highest BCUT2D eigenvalue weighted by Crippen LogP contribution is 2.25. The van der Waals surface area contributed by atoms with Crippen LogP contribution in [0.15, 0.2) is 78.9 Å². The van der Waals surface area contributed by atoms with E-state index in [2.05, 4.69) is 4.90 Å². The number of esters is 1. The zero-order valence-corrected chi connectivity index (χ0v) is 21.9. The number of para-hydroxylation sites is 1. The molecule has 1 aliphatic heterocycles. The first-order chi connectivity index (χ1) is 18.6. The van der Waals surface area contributed by atoms with E-state index in [-0.39, 0.29) is 24.6 Å². The number of nitrogens with zero attached hydrogens (tertiary/aromatic N) is 2. The van der Waals surface area contributed by atoms with Gasteiger partial charge in [0.1, 0.15) is 11.5 Å². The first-order valence-electron chi connectivity index (χ1n) is 12.7. The number of piperazine rings is 1. The van der Waals surface area contributed by atoms with Crippen LogP contribution in [-0.4, -0.2) is 75.2 Å². The summed E-state index contributed by atoms with van der Waals surface area (Å²) >= 11 is 0. The summed E-state index contributed by atoms with van der Waals surface area (Å²) in [5, 5.41) is 0. The molecule has 3 aromatic rings. The van der Waals surface area contributed by atoms with Crippen molar-refractivity contribution in [3.63, 3.8) is 0 Å². The van der Waals surface area contributed by atoms with Crippen LogP contribution < -0.4 is 9.47 Å². The van der Waals surface area contributed by atoms with Crippen molar-refractivity contribution in [1.29, 1.82) is 0 Å². The van der Waals surface area contributed by atoms with Gasteiger partial charge in [-0.15, -0.1) is 0 Å². The molecule has 1 amide bonds. The molecule has 0 spiro atoms. The number of carbonyl (C=O) groups is 2. The molecule has 1 unspecified atom stereocenters. The highest BCUT2D eigenvalue weighted by molar-refractivity contribution is 5.89. The number of rotatable bonds is 11. The Labute approximate surface area is 223 Å². The summed E-state index contributed by atoms with van der Waals surface area (Å²) in [5.41, 5.74) is 2.48. The van der Waals surface area contributed by atoms with Crippen molar-refractivity contribution < 1.29 is 28.5 Å². The predicted molar refractivity (Wildman–Crippen MR) is 143 cm³/mol. The Kier molecular flexibility index (Phi) is 9.72. The van der Waals surface area contributed by atoms with Crippen LogP contribution in [0.3, 0.4) is 0 Å². The molecule has 1 aliphatic rings. The van der Waals surface area contributed by atoms with Gasteiger partial charge in [0.05, 0.1) is 32.5 Å². The molecule has 0 saturated carbocycles. The SMILES string of the molecule is COC(=O)c1ccc(COC(CN2CCN(C(=O)COc3ccccc3)CC2)c2cccc(OC)c2)cc1. The summed E-state index contributed by atoms with van der Waals surface area (Å²) < 4.78 is 22.2. The van der Waals surface area contributed by atoms with Gasteiger partial charge in [0, 0.05) is 32.7 Å². The van der Waals surface area contributed by atoms with E-state index in [0.29, 0.717) is 37.6 Å². The Morgan fingerprint density at radius 1 is 0.842 bits per heavy atom. The smallest absolute Gasteiger partial charge is 0.337 e. The molecule has 1 heterocycles. The van der Waals surface area contributed by atoms with Gasteiger partial charge in [-0.2, -0.15) is 0 Å². The molecule has 4 rings (SSSR count). The third-order valence-electron chi connectivity index (χ3n) is 6.55. The van der Waals surface area contributed by atoms with Crippen molar-refractivity contribution in [2.75, 3.05) is 53.6 Å². The van der Waals surface area contributed by atoms with Gasteiger partial charge in [-0.1, -0.05) is 42.5 Å². The number of benzene rings is 3. The Balaban J connectivity index is 1.34. The highest BCUT2D eigenvalue weighted by atomic mass is 16.5. The maximum atomic E-state index is 12.7. The number of methoxy groups -OCH3 is 2. The van der Waals surface area contributed by atoms with E-state index in [1.807, 2.05) is 71.6 Å². The molecular formula is C30H34N2O6. The maximum Gasteiger partial charge on any atom is 0.337 e. The molecule has 8 nitrogen and oxygen atoms in total. The third-order valence-corrected chi connectivity index (χ3v) is 6.55. The van der Waals surface area contributed by atoms with Crippen molar-refractivity contribution in [3.8, 4) is 11.5 Å². The minimum Gasteiger partial charge on any atom is -0.497 e. The zero-order valence-electron chi connectivity index (χ0n) is 21.9. The van der Waals surface area contributed by atoms with Gasteiger partial charge < -0.3 is 23.8 Å². The van der Waals surface area contributed by atoms with Gasteiger partial charge in [-0.25, -0.2) is 4.79 Å². The summed E-state index contributed by atoms with van der Waals surface area (Å²) in [6, 6.07) is 24.5. The number of hydrogen-bond acceptors (Lipinski definition) is 7. The Morgan fingerprint density at radius 2 is 1.55 bits per heavy atom. The lowest BCUT2D eigenvalue weighted by atomic mass is 10.1. The van der Waals surface area contributed by atoms with Gasteiger partial charge in [-0.05, 0) is 47.5 Å². The summed E-state index contributed by atoms with van der Waals surface area (Å²) in [6.07, 6.45) is -0.200. The zero-order chi connectivity index (χ0) is 26.7. The lowest BCUT2D eigenvalue weighted by Crippen LogP contribution is -2.50. The summed E-state index contributed by atoms with van der Waals surface area (Å²) in [6.45, 7) is 3.86. The molecule has 0 N–H and O–H groups in total. The molecule has 0 aliphatic carbocycles. The highest BCUT2D eigenvalue weighted by Gasteiger charge is 2.25. The second-order valence-electron chi connectivity index (χ2n) is 9.05. The molecule has 8 heteroatoms. The van der Waals surface area contributed by atoms with Gasteiger partial charge in [-0.3, -0.25) is 9.69 Å². The first kappa shape index (κ1) is 27.2. The van der Waals surface area contributed by atoms with Crippen LogP contribution in [0.1, 0.15) is 27.6 Å². The van der Waals surface area contributed by atoms with Crippen LogP contribution in [0, 0.1) is 0 Å². The van der Waals surface area contributed by atoms with Gasteiger partial charge in [0.2, 0.25) is 0 Å². The molecule has 0 aromatic heterocycles. The monoisotopic (exact) mass is 518 g/mol. The van der Waals surface area contributed by atoms with Crippen molar-refractivity contribution in [1.82, 2.24) is 9.80 Å². The Bertz CT molecular complexity index is 1180. The average Bonchev–Trinajstić information content (AvgIpc) is 2.98. The quantitative estimate of drug-likeness (QED) is 0.356. The third kappa shape index (κ3) is 7.57. The first-order valence-corrected chi connectivity index (χ1v) is 12.7. The lowest BCUT2D eigenvalue weighted by molar-refractivity contribution is -0.135. The molecular weight excluding hydrogens is 484 g/mol. The normalized spacial score (nSPS) is 14.5. The minimum atomic E-state index is -0.365. The fourth-order valence-corrected chi connectivity index (χ4v) is 4.32. The van der Waals surface area contributed by atoms with Crippen LogP contribution in [0.4, 0.5) is 0 Å². The van der Waals surface area contributed by atoms with E-state index in [1.165, 1.54) is 7.11 Å². The number of amides is 1. The molecule has 200 valence electrons. The van der Waals surface area contributed by atoms with Crippen LogP contribution in [0.2, 0.25) is 0 Å². The van der Waals surface area contributed by atoms with Crippen molar-refractivity contribution >= 4 is 11.9 Å². The number of ether oxygens (including phenoxy) is 4. The fourth-order valence-electron chi connectivity index (χ4n) is 4.32. The second kappa shape index (κ2) is 13.6. The van der Waals surface area contributed by atoms with Crippen LogP contribution >= 0.6 is 0 Å². The molecule has 3 aromatic carbocycles. The molecule has 0 bridgehead atoms. The molecule has 38 heavy (non-hydrogen) atoms. The molecule has 1 fully saturated rings. The topological polar surface area (TPSA) is 77.5 Å². The summed E-state index contributed by atoms with van der Waals surface area (Å²) in [7, 11) is 3.02. The van der Waals surface area contributed by atoms with Crippen molar-refractivity contribution in [2.45, 2.75) is 12.7 Å². The van der Waals surface area contributed by atoms with E-state index in [4.69, 9.17) is 18.9 Å². The largest absolute Gasteiger partial charge is 0.497 e. The van der Waals surface area contributed by atoms with Gasteiger partial charge in [0.25, 0.3) is 5.91 Å². The lowest BCUT2D eigenvalue weighted by Gasteiger charge is -2.36. The van der Waals surface area contributed by atoms with Crippen molar-refractivity contribution in [2.24, 2.45) is 0 Å². The number of hydrogen-bond donors (Lipinski definition) is 0. The predicted octanol–water partition coefficient (Wildman–Crippen LogP) is 3.96. The van der Waals surface area contributed by atoms with E-state index in [1.54, 1.807) is 19.2 Å². The molecule has 1 saturated heterocycles.